The number of thiophene rings is 1. The summed E-state index contributed by atoms with van der Waals surface area (Å²) in [4.78, 5) is 100. The highest BCUT2D eigenvalue weighted by molar-refractivity contribution is 9.10. The van der Waals surface area contributed by atoms with E-state index in [0.29, 0.717) is 31.4 Å². The summed E-state index contributed by atoms with van der Waals surface area (Å²) in [7, 11) is 0. The molecule has 27 N–H and O–H groups in total. The highest BCUT2D eigenvalue weighted by atomic mass is 79.9. The number of phenolic OH excluding ortho intramolecular Hbond substituents is 1. The molecule has 1 unspecified atom stereocenters. The third kappa shape index (κ3) is 34.3. The minimum absolute atomic E-state index is 0.150. The van der Waals surface area contributed by atoms with E-state index in [1.807, 2.05) is 266 Å². The zero-order valence-corrected chi connectivity index (χ0v) is 76.3. The number of benzene rings is 10. The normalized spacial score (nSPS) is 12.5. The van der Waals surface area contributed by atoms with E-state index in [1.54, 1.807) is 60.5 Å². The number of carboxylic acids is 8. The summed E-state index contributed by atoms with van der Waals surface area (Å²) >= 11 is 5.00. The quantitative estimate of drug-likeness (QED) is 0.0199. The number of nitrogens with two attached hydrogens (primary N) is 8. The average molecular weight is 1910 g/mol. The number of fused-ring (bicyclic) bond motifs is 3. The molecular weight excluding hydrogens is 1800 g/mol. The Morgan fingerprint density at radius 1 is 0.415 bits per heavy atom. The van der Waals surface area contributed by atoms with Crippen molar-refractivity contribution in [3.05, 3.63) is 381 Å². The van der Waals surface area contributed by atoms with Crippen LogP contribution in [0.5, 0.6) is 5.75 Å². The Morgan fingerprint density at radius 3 is 1.36 bits per heavy atom. The zero-order valence-electron chi connectivity index (χ0n) is 73.9. The third-order valence-corrected chi connectivity index (χ3v) is 22.4. The molecule has 0 aliphatic rings. The van der Waals surface area contributed by atoms with Crippen LogP contribution in [0, 0.1) is 13.8 Å². The fourth-order valence-corrected chi connectivity index (χ4v) is 14.9. The number of aromatic amines is 2. The molecule has 0 radical (unpaired) electrons. The van der Waals surface area contributed by atoms with E-state index in [4.69, 9.17) is 86.7 Å². The molecule has 5 aromatic heterocycles. The number of hydrogen-bond acceptors (Lipinski definition) is 20. The maximum Gasteiger partial charge on any atom is 0.321 e. The maximum absolute atomic E-state index is 11.2. The van der Waals surface area contributed by atoms with Crippen molar-refractivity contribution < 1.29 is 84.3 Å². The van der Waals surface area contributed by atoms with Crippen LogP contribution in [0.2, 0.25) is 0 Å². The number of halogens is 1. The molecule has 135 heavy (non-hydrogen) atoms. The van der Waals surface area contributed by atoms with Crippen LogP contribution in [-0.2, 0) is 83.4 Å². The number of carboxylic acid groups (broad SMARTS) is 8. The summed E-state index contributed by atoms with van der Waals surface area (Å²) in [5.74, 6) is -8.08. The van der Waals surface area contributed by atoms with Gasteiger partial charge in [-0.1, -0.05) is 246 Å². The second-order valence-electron chi connectivity index (χ2n) is 31.3. The predicted molar refractivity (Wildman–Crippen MR) is 529 cm³/mol. The number of imidazole rings is 1. The van der Waals surface area contributed by atoms with Gasteiger partial charge in [0.05, 0.1) is 17.7 Å². The number of aryl methyl sites for hydroxylation is 2. The highest BCUT2D eigenvalue weighted by Crippen LogP contribution is 2.31. The number of aliphatic carboxylic acids is 8. The van der Waals surface area contributed by atoms with Gasteiger partial charge in [0.15, 0.2) is 0 Å². The van der Waals surface area contributed by atoms with Gasteiger partial charge >= 0.3 is 47.8 Å². The summed E-state index contributed by atoms with van der Waals surface area (Å²) in [5, 5.41) is 84.4. The van der Waals surface area contributed by atoms with Gasteiger partial charge in [-0.15, -0.1) is 11.3 Å². The standard InChI is InChI=1S/C16H17NO2.C15H16N2O2.C15H15NO2.C13H15N3O2.C11H11BrN2O2.C11H12N2O3.C11H11NO2S.C11H13NO2/c1-11-4-2-3-5-14(11)13-8-6-12(7-9-13)10-15(17)16(18)19;1-10-4-2-3-5-12(10)14-7-6-11(9-17-14)8-13(16)15(18)19;16-14(15(17)18)13(11-7-3-1-4-8-11)12-9-5-2-6-10-12;14-12(13(17)18)6-11-8-16(9-15-11)7-10-4-2-1-3-5-10;12-7-1-2-10-8(4-7)6(5-14-10)3-9(13)11(15)16;12-9(11(15)16)3-6-5-13-10-2-1-7(14)4-8(6)10;12-9(11(13)14)5-7-6-15-10-4-2-1-3-8(7)10;12-10(11(13)14)8-4-7-9-5-2-1-3-6-9/h2-9,15H,10,17H2,1H3,(H,18,19);2-7,9,13H,8,16H2,1H3,(H,18,19);1-10,13-14H,16H2,(H,17,18);1-5,8-9,12H,6-7,14H2,(H,17,18);1-2,4-5,9,14H,3,13H2,(H,15,16);1-2,4-5,9,13-14H,3,12H2,(H,15,16);1-4,6,9H,5,12H2,(H,13,14);1-7,10H,8,12H2,(H,13,14)/b;;;;;;;7-4+/t15-;13-;14-;12-;;2*9-;10-/m0000.000/s1. The number of aromatic hydroxyl groups is 1. The van der Waals surface area contributed by atoms with Crippen molar-refractivity contribution in [2.24, 2.45) is 45.9 Å². The monoisotopic (exact) mass is 1910 g/mol. The molecule has 0 aliphatic carbocycles. The molecule has 0 aliphatic heterocycles. The molecular formula is C103H110BrN13O17S. The lowest BCUT2D eigenvalue weighted by Crippen LogP contribution is -2.37. The molecule has 32 heteroatoms. The molecule has 10 aromatic carbocycles. The van der Waals surface area contributed by atoms with Crippen LogP contribution in [-0.4, -0.2) is 167 Å². The van der Waals surface area contributed by atoms with Crippen LogP contribution in [0.1, 0.15) is 79.2 Å². The zero-order chi connectivity index (χ0) is 98.2. The molecule has 15 rings (SSSR count). The SMILES string of the molecule is Cc1ccccc1-c1ccc(C[C@H](N)C(=O)O)cc1.Cc1ccccc1-c1ccc(C[C@H](N)C(=O)O)cn1.NC(Cc1c[nH]c2ccc(Br)cc12)C(=O)O.N[C@@H](C/C=C/c1ccccc1)C(=O)O.N[C@@H](Cc1c[nH]c2ccc(O)cc12)C(=O)O.N[C@@H](Cc1cn(Cc2ccccc2)cn1)C(=O)O.N[C@@H](Cc1csc2ccccc12)C(=O)O.N[C@H](C(=O)O)C(c1ccccc1)c1ccccc1. The molecule has 0 spiro atoms. The van der Waals surface area contributed by atoms with Gasteiger partial charge in [0.2, 0.25) is 0 Å². The van der Waals surface area contributed by atoms with Crippen LogP contribution in [0.3, 0.4) is 0 Å². The Bertz CT molecular complexity index is 6120. The van der Waals surface area contributed by atoms with E-state index < -0.39 is 96.1 Å². The van der Waals surface area contributed by atoms with Gasteiger partial charge in [-0.2, -0.15) is 0 Å². The molecule has 5 heterocycles. The van der Waals surface area contributed by atoms with Crippen molar-refractivity contribution in [1.82, 2.24) is 24.5 Å². The number of hydrogen-bond donors (Lipinski definition) is 19. The van der Waals surface area contributed by atoms with Crippen LogP contribution in [0.15, 0.2) is 314 Å². The Hall–Kier alpha value is -14.9. The second kappa shape index (κ2) is 53.5. The number of rotatable bonds is 30. The lowest BCUT2D eigenvalue weighted by atomic mass is 9.85. The Morgan fingerprint density at radius 2 is 0.852 bits per heavy atom. The summed E-state index contributed by atoms with van der Waals surface area (Å²) < 4.78 is 4.05. The number of phenols is 1. The molecule has 0 saturated carbocycles. The number of nitrogens with zero attached hydrogens (tertiary/aromatic N) is 3. The fraction of sp³-hybridized carbons (Fsp3) is 0.184. The topological polar surface area (TPSA) is 589 Å². The first-order chi connectivity index (χ1) is 64.5. The van der Waals surface area contributed by atoms with Gasteiger partial charge < -0.3 is 106 Å². The summed E-state index contributed by atoms with van der Waals surface area (Å²) in [6.07, 6.45) is 14.5. The van der Waals surface area contributed by atoms with Crippen molar-refractivity contribution in [1.29, 1.82) is 0 Å². The second-order valence-corrected chi connectivity index (χ2v) is 33.1. The lowest BCUT2D eigenvalue weighted by molar-refractivity contribution is -0.139. The van der Waals surface area contributed by atoms with Crippen molar-refractivity contribution in [2.75, 3.05) is 0 Å². The van der Waals surface area contributed by atoms with E-state index in [0.717, 1.165) is 105 Å². The van der Waals surface area contributed by atoms with Crippen LogP contribution < -0.4 is 45.9 Å². The first-order valence-corrected chi connectivity index (χ1v) is 44.1. The minimum Gasteiger partial charge on any atom is -0.508 e. The van der Waals surface area contributed by atoms with Gasteiger partial charge in [-0.25, -0.2) is 4.98 Å². The summed E-state index contributed by atoms with van der Waals surface area (Å²) in [5.41, 5.74) is 61.8. The Labute approximate surface area is 791 Å². The van der Waals surface area contributed by atoms with Gasteiger partial charge in [0.1, 0.15) is 54.1 Å². The molecule has 0 fully saturated rings. The summed E-state index contributed by atoms with van der Waals surface area (Å²) in [6, 6.07) is 78.1. The van der Waals surface area contributed by atoms with Gasteiger partial charge in [0.25, 0.3) is 0 Å². The third-order valence-electron chi connectivity index (χ3n) is 20.9. The van der Waals surface area contributed by atoms with E-state index in [9.17, 15) is 43.5 Å². The molecule has 15 aromatic rings. The summed E-state index contributed by atoms with van der Waals surface area (Å²) in [6.45, 7) is 4.82. The Kier molecular flexibility index (Phi) is 41.8. The molecule has 8 atom stereocenters. The van der Waals surface area contributed by atoms with E-state index >= 15 is 0 Å². The number of aromatic nitrogens is 5. The first-order valence-electron chi connectivity index (χ1n) is 42.4. The minimum atomic E-state index is -1.03. The van der Waals surface area contributed by atoms with Crippen molar-refractivity contribution >= 4 is 113 Å². The number of pyridine rings is 1. The molecule has 0 bridgehead atoms. The predicted octanol–water partition coefficient (Wildman–Crippen LogP) is 13.8. The largest absolute Gasteiger partial charge is 0.508 e. The first kappa shape index (κ1) is 105. The smallest absolute Gasteiger partial charge is 0.321 e. The molecule has 0 saturated heterocycles. The van der Waals surface area contributed by atoms with Crippen LogP contribution in [0.25, 0.3) is 60.4 Å². The fourth-order valence-electron chi connectivity index (χ4n) is 13.6. The van der Waals surface area contributed by atoms with E-state index in [1.165, 1.54) is 21.4 Å². The van der Waals surface area contributed by atoms with Crippen molar-refractivity contribution in [3.8, 4) is 28.1 Å². The average Bonchev–Trinajstić information content (AvgIpc) is 1.77. The maximum atomic E-state index is 11.2. The highest BCUT2D eigenvalue weighted by Gasteiger charge is 2.28. The van der Waals surface area contributed by atoms with E-state index in [2.05, 4.69) is 54.9 Å². The molecule has 702 valence electrons. The van der Waals surface area contributed by atoms with Crippen molar-refractivity contribution in [2.45, 2.75) is 120 Å². The molecule has 30 nitrogen and oxygen atoms in total. The lowest BCUT2D eigenvalue weighted by Gasteiger charge is -2.21. The molecule has 0 amide bonds. The number of carbonyl (C=O) groups is 8. The van der Waals surface area contributed by atoms with Crippen LogP contribution >= 0.6 is 27.3 Å². The van der Waals surface area contributed by atoms with Gasteiger partial charge in [-0.3, -0.25) is 43.3 Å². The van der Waals surface area contributed by atoms with E-state index in [-0.39, 0.29) is 30.9 Å². The number of nitrogens with one attached hydrogen (secondary N) is 2. The van der Waals surface area contributed by atoms with Gasteiger partial charge in [-0.05, 0) is 171 Å². The van der Waals surface area contributed by atoms with Crippen LogP contribution in [0.4, 0.5) is 0 Å². The Balaban J connectivity index is 0.000000190. The number of H-pyrrole nitrogens is 2. The van der Waals surface area contributed by atoms with Crippen molar-refractivity contribution in [3.63, 3.8) is 0 Å². The van der Waals surface area contributed by atoms with Gasteiger partial charge in [0, 0.05) is 93.1 Å².